The van der Waals surface area contributed by atoms with Gasteiger partial charge < -0.3 is 14.6 Å². The quantitative estimate of drug-likeness (QED) is 0.587. The van der Waals surface area contributed by atoms with Crippen molar-refractivity contribution < 1.29 is 19.4 Å². The van der Waals surface area contributed by atoms with Crippen molar-refractivity contribution in [2.45, 2.75) is 5.60 Å². The molecule has 0 bridgehead atoms. The predicted molar refractivity (Wildman–Crippen MR) is 37.3 cm³/mol. The van der Waals surface area contributed by atoms with Gasteiger partial charge in [0.1, 0.15) is 12.2 Å². The Morgan fingerprint density at radius 2 is 2.45 bits per heavy atom. The van der Waals surface area contributed by atoms with E-state index in [-0.39, 0.29) is 6.61 Å². The molecule has 1 N–H and O–H groups in total. The highest BCUT2D eigenvalue weighted by molar-refractivity contribution is 5.68. The molecule has 0 unspecified atom stereocenters. The molecule has 1 aliphatic heterocycles. The van der Waals surface area contributed by atoms with Gasteiger partial charge in [0, 0.05) is 0 Å². The van der Waals surface area contributed by atoms with Crippen molar-refractivity contribution in [3.63, 3.8) is 0 Å². The van der Waals surface area contributed by atoms with E-state index in [0.717, 1.165) is 0 Å². The maximum Gasteiger partial charge on any atom is 0.329 e. The van der Waals surface area contributed by atoms with Gasteiger partial charge in [-0.2, -0.15) is 0 Å². The SMILES string of the molecule is C=CC1(OCC(=O)O)COC1. The molecule has 0 amide bonds. The fourth-order valence-corrected chi connectivity index (χ4v) is 0.769. The number of hydrogen-bond acceptors (Lipinski definition) is 3. The summed E-state index contributed by atoms with van der Waals surface area (Å²) in [5, 5.41) is 8.29. The Labute approximate surface area is 64.4 Å². The van der Waals surface area contributed by atoms with Gasteiger partial charge in [0.15, 0.2) is 0 Å². The summed E-state index contributed by atoms with van der Waals surface area (Å²) in [5.74, 6) is -0.974. The molecule has 0 saturated carbocycles. The average molecular weight is 158 g/mol. The third kappa shape index (κ3) is 1.78. The van der Waals surface area contributed by atoms with Crippen LogP contribution in [0.5, 0.6) is 0 Å². The third-order valence-corrected chi connectivity index (χ3v) is 1.55. The molecule has 1 saturated heterocycles. The van der Waals surface area contributed by atoms with Crippen LogP contribution in [0, 0.1) is 0 Å². The Morgan fingerprint density at radius 3 is 2.73 bits per heavy atom. The van der Waals surface area contributed by atoms with Crippen LogP contribution >= 0.6 is 0 Å². The lowest BCUT2D eigenvalue weighted by Crippen LogP contribution is -2.50. The van der Waals surface area contributed by atoms with Crippen molar-refractivity contribution >= 4 is 5.97 Å². The maximum absolute atomic E-state index is 10.1. The van der Waals surface area contributed by atoms with Gasteiger partial charge in [0.25, 0.3) is 0 Å². The minimum Gasteiger partial charge on any atom is -0.480 e. The largest absolute Gasteiger partial charge is 0.480 e. The van der Waals surface area contributed by atoms with E-state index in [1.54, 1.807) is 6.08 Å². The summed E-state index contributed by atoms with van der Waals surface area (Å²) >= 11 is 0. The molecule has 4 nitrogen and oxygen atoms in total. The highest BCUT2D eigenvalue weighted by Crippen LogP contribution is 2.22. The molecule has 4 heteroatoms. The molecule has 1 heterocycles. The number of carboxylic acids is 1. The van der Waals surface area contributed by atoms with Gasteiger partial charge in [-0.25, -0.2) is 4.79 Å². The highest BCUT2D eigenvalue weighted by atomic mass is 16.6. The van der Waals surface area contributed by atoms with Crippen molar-refractivity contribution in [2.75, 3.05) is 19.8 Å². The first-order chi connectivity index (χ1) is 5.18. The minimum atomic E-state index is -0.974. The zero-order valence-electron chi connectivity index (χ0n) is 6.08. The molecule has 11 heavy (non-hydrogen) atoms. The van der Waals surface area contributed by atoms with Gasteiger partial charge in [-0.3, -0.25) is 0 Å². The molecule has 0 aromatic rings. The van der Waals surface area contributed by atoms with Gasteiger partial charge >= 0.3 is 5.97 Å². The monoisotopic (exact) mass is 158 g/mol. The van der Waals surface area contributed by atoms with Crippen LogP contribution in [-0.2, 0) is 14.3 Å². The fourth-order valence-electron chi connectivity index (χ4n) is 0.769. The standard InChI is InChI=1S/C7H10O4/c1-2-7(4-10-5-7)11-3-6(8)9/h2H,1,3-5H2,(H,8,9). The van der Waals surface area contributed by atoms with Crippen molar-refractivity contribution in [3.05, 3.63) is 12.7 Å². The lowest BCUT2D eigenvalue weighted by atomic mass is 10.0. The molecule has 1 fully saturated rings. The van der Waals surface area contributed by atoms with Gasteiger partial charge in [-0.05, 0) is 0 Å². The van der Waals surface area contributed by atoms with Gasteiger partial charge in [-0.15, -0.1) is 6.58 Å². The Kier molecular flexibility index (Phi) is 2.26. The molecule has 1 rings (SSSR count). The lowest BCUT2D eigenvalue weighted by molar-refractivity contribution is -0.189. The van der Waals surface area contributed by atoms with E-state index < -0.39 is 11.6 Å². The maximum atomic E-state index is 10.1. The summed E-state index contributed by atoms with van der Waals surface area (Å²) in [4.78, 5) is 10.1. The molecule has 0 aromatic carbocycles. The Hall–Kier alpha value is -0.870. The first-order valence-electron chi connectivity index (χ1n) is 3.26. The van der Waals surface area contributed by atoms with E-state index >= 15 is 0 Å². The van der Waals surface area contributed by atoms with Crippen LogP contribution in [0.4, 0.5) is 0 Å². The van der Waals surface area contributed by atoms with Crippen LogP contribution in [0.2, 0.25) is 0 Å². The smallest absolute Gasteiger partial charge is 0.329 e. The Balaban J connectivity index is 2.33. The van der Waals surface area contributed by atoms with Crippen LogP contribution in [0.1, 0.15) is 0 Å². The summed E-state index contributed by atoms with van der Waals surface area (Å²) in [5.41, 5.74) is -0.543. The zero-order chi connectivity index (χ0) is 8.32. The summed E-state index contributed by atoms with van der Waals surface area (Å²) < 4.78 is 9.91. The Morgan fingerprint density at radius 1 is 1.82 bits per heavy atom. The van der Waals surface area contributed by atoms with E-state index in [1.165, 1.54) is 0 Å². The van der Waals surface area contributed by atoms with Gasteiger partial charge in [0.05, 0.1) is 13.2 Å². The number of rotatable bonds is 4. The molecule has 1 aliphatic rings. The van der Waals surface area contributed by atoms with Crippen molar-refractivity contribution in [2.24, 2.45) is 0 Å². The van der Waals surface area contributed by atoms with Crippen molar-refractivity contribution in [1.29, 1.82) is 0 Å². The number of carbonyl (C=O) groups is 1. The van der Waals surface area contributed by atoms with Crippen molar-refractivity contribution in [3.8, 4) is 0 Å². The summed E-state index contributed by atoms with van der Waals surface area (Å²) in [7, 11) is 0. The predicted octanol–water partition coefficient (Wildman–Crippen LogP) is 0.0426. The normalized spacial score (nSPS) is 20.4. The van der Waals surface area contributed by atoms with Gasteiger partial charge in [-0.1, -0.05) is 6.08 Å². The van der Waals surface area contributed by atoms with E-state index in [4.69, 9.17) is 14.6 Å². The van der Waals surface area contributed by atoms with Crippen LogP contribution in [-0.4, -0.2) is 36.5 Å². The first kappa shape index (κ1) is 8.23. The zero-order valence-corrected chi connectivity index (χ0v) is 6.08. The third-order valence-electron chi connectivity index (χ3n) is 1.55. The minimum absolute atomic E-state index is 0.296. The highest BCUT2D eigenvalue weighted by Gasteiger charge is 2.37. The van der Waals surface area contributed by atoms with Crippen LogP contribution in [0.15, 0.2) is 12.7 Å². The van der Waals surface area contributed by atoms with E-state index in [2.05, 4.69) is 6.58 Å². The van der Waals surface area contributed by atoms with Crippen LogP contribution in [0.25, 0.3) is 0 Å². The molecule has 0 spiro atoms. The van der Waals surface area contributed by atoms with E-state index in [9.17, 15) is 4.79 Å². The van der Waals surface area contributed by atoms with Crippen LogP contribution < -0.4 is 0 Å². The second-order valence-electron chi connectivity index (χ2n) is 2.44. The fraction of sp³-hybridized carbons (Fsp3) is 0.571. The number of hydrogen-bond donors (Lipinski definition) is 1. The van der Waals surface area contributed by atoms with Crippen LogP contribution in [0.3, 0.4) is 0 Å². The average Bonchev–Trinajstić information content (AvgIpc) is 1.86. The Bertz CT molecular complexity index is 171. The summed E-state index contributed by atoms with van der Waals surface area (Å²) in [6, 6.07) is 0. The van der Waals surface area contributed by atoms with E-state index in [0.29, 0.717) is 13.2 Å². The number of ether oxygens (including phenoxy) is 2. The second-order valence-corrected chi connectivity index (χ2v) is 2.44. The summed E-state index contributed by atoms with van der Waals surface area (Å²) in [6.07, 6.45) is 1.58. The first-order valence-corrected chi connectivity index (χ1v) is 3.26. The molecule has 0 atom stereocenters. The molecule has 0 radical (unpaired) electrons. The number of aliphatic carboxylic acids is 1. The molecular weight excluding hydrogens is 148 g/mol. The molecule has 62 valence electrons. The number of carboxylic acid groups (broad SMARTS) is 1. The molecule has 0 aliphatic carbocycles. The van der Waals surface area contributed by atoms with E-state index in [1.807, 2.05) is 0 Å². The summed E-state index contributed by atoms with van der Waals surface area (Å²) in [6.45, 7) is 4.05. The topological polar surface area (TPSA) is 55.8 Å². The molecule has 0 aromatic heterocycles. The molecular formula is C7H10O4. The second kappa shape index (κ2) is 3.02. The van der Waals surface area contributed by atoms with Gasteiger partial charge in [0.2, 0.25) is 0 Å². The van der Waals surface area contributed by atoms with Crippen molar-refractivity contribution in [1.82, 2.24) is 0 Å². The lowest BCUT2D eigenvalue weighted by Gasteiger charge is -2.37.